The van der Waals surface area contributed by atoms with Crippen LogP contribution in [0.5, 0.6) is 0 Å². The first kappa shape index (κ1) is 8.21. The summed E-state index contributed by atoms with van der Waals surface area (Å²) < 4.78 is 32.0. The average molecular weight is 197 g/mol. The first-order valence-electron chi connectivity index (χ1n) is 3.48. The van der Waals surface area contributed by atoms with Crippen molar-refractivity contribution in [1.82, 2.24) is 10.2 Å². The molecule has 2 rings (SSSR count). The molecule has 0 fully saturated rings. The summed E-state index contributed by atoms with van der Waals surface area (Å²) in [6, 6.07) is 6.55. The molecule has 1 radical (unpaired) electrons. The Morgan fingerprint density at radius 2 is 1.92 bits per heavy atom. The third-order valence-electron chi connectivity index (χ3n) is 1.67. The van der Waals surface area contributed by atoms with E-state index in [4.69, 9.17) is 0 Å². The van der Waals surface area contributed by atoms with Crippen LogP contribution in [0.2, 0.25) is 0 Å². The molecule has 0 spiro atoms. The van der Waals surface area contributed by atoms with Crippen molar-refractivity contribution in [3.63, 3.8) is 0 Å². The van der Waals surface area contributed by atoms with Gasteiger partial charge in [0.15, 0.2) is 0 Å². The van der Waals surface area contributed by atoms with Gasteiger partial charge < -0.3 is 0 Å². The summed E-state index contributed by atoms with van der Waals surface area (Å²) in [5, 5.41) is 5.80. The van der Waals surface area contributed by atoms with E-state index in [0.29, 0.717) is 10.9 Å². The van der Waals surface area contributed by atoms with Crippen molar-refractivity contribution in [3.8, 4) is 0 Å². The predicted octanol–water partition coefficient (Wildman–Crippen LogP) is 0.682. The van der Waals surface area contributed by atoms with E-state index < -0.39 is 15.1 Å². The number of H-pyrrole nitrogens is 1. The van der Waals surface area contributed by atoms with Gasteiger partial charge in [-0.3, -0.25) is 5.10 Å². The molecule has 0 saturated heterocycles. The van der Waals surface area contributed by atoms with Crippen LogP contribution in [0.15, 0.2) is 29.3 Å². The number of aromatic amines is 1. The minimum atomic E-state index is -4.48. The third kappa shape index (κ3) is 1.30. The lowest BCUT2D eigenvalue weighted by atomic mass is 10.3. The van der Waals surface area contributed by atoms with Gasteiger partial charge in [0.1, 0.15) is 0 Å². The lowest BCUT2D eigenvalue weighted by Crippen LogP contribution is -1.96. The molecule has 0 saturated carbocycles. The Balaban J connectivity index is 2.87. The number of rotatable bonds is 1. The Bertz CT molecular complexity index is 544. The molecule has 1 heterocycles. The van der Waals surface area contributed by atoms with Crippen molar-refractivity contribution in [1.29, 1.82) is 0 Å². The molecule has 1 N–H and O–H groups in total. The largest absolute Gasteiger partial charge is 0.344 e. The summed E-state index contributed by atoms with van der Waals surface area (Å²) in [7, 11) is -4.48. The van der Waals surface area contributed by atoms with E-state index in [1.54, 1.807) is 18.2 Å². The van der Waals surface area contributed by atoms with E-state index in [1.807, 2.05) is 0 Å². The van der Waals surface area contributed by atoms with Crippen molar-refractivity contribution < 1.29 is 13.0 Å². The number of para-hydroxylation sites is 1. The molecule has 67 valence electrons. The molecule has 6 heteroatoms. The lowest BCUT2D eigenvalue weighted by Gasteiger charge is -1.88. The highest BCUT2D eigenvalue weighted by molar-refractivity contribution is 7.85. The van der Waals surface area contributed by atoms with E-state index in [1.165, 1.54) is 6.07 Å². The Morgan fingerprint density at radius 3 is 2.62 bits per heavy atom. The van der Waals surface area contributed by atoms with Gasteiger partial charge in [0, 0.05) is 5.39 Å². The molecular formula is C7H5N2O3S. The second-order valence-corrected chi connectivity index (χ2v) is 3.82. The van der Waals surface area contributed by atoms with Gasteiger partial charge in [0.25, 0.3) is 0 Å². The van der Waals surface area contributed by atoms with Gasteiger partial charge >= 0.3 is 10.1 Å². The van der Waals surface area contributed by atoms with Crippen LogP contribution in [0.4, 0.5) is 0 Å². The number of nitrogens with one attached hydrogen (secondary N) is 1. The Labute approximate surface area is 74.1 Å². The first-order chi connectivity index (χ1) is 6.09. The van der Waals surface area contributed by atoms with Gasteiger partial charge in [-0.25, -0.2) is 0 Å². The van der Waals surface area contributed by atoms with Crippen LogP contribution in [0.3, 0.4) is 0 Å². The number of aromatic nitrogens is 2. The SMILES string of the molecule is [O]S(=O)(=O)c1n[nH]c2ccccc12. The van der Waals surface area contributed by atoms with Crippen LogP contribution < -0.4 is 0 Å². The molecule has 0 aliphatic heterocycles. The van der Waals surface area contributed by atoms with Crippen LogP contribution in [0.25, 0.3) is 10.9 Å². The smallest absolute Gasteiger partial charge is 0.276 e. The summed E-state index contributed by atoms with van der Waals surface area (Å²) in [6.07, 6.45) is 0. The fraction of sp³-hybridized carbons (Fsp3) is 0. The molecular weight excluding hydrogens is 192 g/mol. The van der Waals surface area contributed by atoms with Crippen molar-refractivity contribution in [3.05, 3.63) is 24.3 Å². The maximum absolute atomic E-state index is 10.7. The maximum atomic E-state index is 10.7. The van der Waals surface area contributed by atoms with Crippen LogP contribution in [-0.4, -0.2) is 18.6 Å². The first-order valence-corrected chi connectivity index (χ1v) is 4.89. The second-order valence-electron chi connectivity index (χ2n) is 2.53. The fourth-order valence-corrected chi connectivity index (χ4v) is 1.73. The normalized spacial score (nSPS) is 12.1. The number of hydrogen-bond donors (Lipinski definition) is 1. The monoisotopic (exact) mass is 197 g/mol. The second kappa shape index (κ2) is 2.54. The molecule has 0 aliphatic carbocycles. The summed E-state index contributed by atoms with van der Waals surface area (Å²) >= 11 is 0. The molecule has 13 heavy (non-hydrogen) atoms. The van der Waals surface area contributed by atoms with Gasteiger partial charge in [0.2, 0.25) is 5.03 Å². The molecule has 5 nitrogen and oxygen atoms in total. The molecule has 0 amide bonds. The van der Waals surface area contributed by atoms with Gasteiger partial charge in [-0.1, -0.05) is 16.7 Å². The summed E-state index contributed by atoms with van der Waals surface area (Å²) in [6.45, 7) is 0. The topological polar surface area (TPSA) is 82.7 Å². The molecule has 0 unspecified atom stereocenters. The third-order valence-corrected chi connectivity index (χ3v) is 2.46. The number of fused-ring (bicyclic) bond motifs is 1. The molecule has 0 atom stereocenters. The minimum Gasteiger partial charge on any atom is -0.276 e. The molecule has 2 aromatic rings. The van der Waals surface area contributed by atoms with Crippen molar-refractivity contribution in [2.75, 3.05) is 0 Å². The molecule has 0 aliphatic rings. The minimum absolute atomic E-state index is 0.331. The van der Waals surface area contributed by atoms with E-state index in [2.05, 4.69) is 10.2 Å². The van der Waals surface area contributed by atoms with Crippen LogP contribution in [0.1, 0.15) is 0 Å². The average Bonchev–Trinajstić information content (AvgIpc) is 2.45. The highest BCUT2D eigenvalue weighted by Crippen LogP contribution is 2.18. The predicted molar refractivity (Wildman–Crippen MR) is 44.0 cm³/mol. The molecule has 0 bridgehead atoms. The summed E-state index contributed by atoms with van der Waals surface area (Å²) in [4.78, 5) is 0. The maximum Gasteiger partial charge on any atom is 0.344 e. The standard InChI is InChI=1S/C7H5N2O3S/c10-13(11,12)7-5-3-1-2-4-6(5)8-9-7/h1-4H,(H,8,9). The van der Waals surface area contributed by atoms with E-state index in [9.17, 15) is 13.0 Å². The zero-order valence-electron chi connectivity index (χ0n) is 6.39. The van der Waals surface area contributed by atoms with Crippen molar-refractivity contribution in [2.24, 2.45) is 0 Å². The zero-order valence-corrected chi connectivity index (χ0v) is 7.21. The quantitative estimate of drug-likeness (QED) is 0.729. The Kier molecular flexibility index (Phi) is 1.61. The Hall–Kier alpha value is -1.40. The zero-order chi connectivity index (χ0) is 9.47. The number of benzene rings is 1. The van der Waals surface area contributed by atoms with Gasteiger partial charge in [-0.2, -0.15) is 13.5 Å². The van der Waals surface area contributed by atoms with Crippen LogP contribution in [0, 0.1) is 0 Å². The van der Waals surface area contributed by atoms with Crippen molar-refractivity contribution >= 4 is 21.0 Å². The molecule has 1 aromatic heterocycles. The van der Waals surface area contributed by atoms with Gasteiger partial charge in [0.05, 0.1) is 5.52 Å². The van der Waals surface area contributed by atoms with Crippen LogP contribution >= 0.6 is 0 Å². The summed E-state index contributed by atoms with van der Waals surface area (Å²) in [5.74, 6) is 0. The lowest BCUT2D eigenvalue weighted by molar-refractivity contribution is 0.412. The van der Waals surface area contributed by atoms with E-state index >= 15 is 0 Å². The van der Waals surface area contributed by atoms with Gasteiger partial charge in [-0.05, 0) is 12.1 Å². The van der Waals surface area contributed by atoms with E-state index in [-0.39, 0.29) is 0 Å². The fourth-order valence-electron chi connectivity index (χ4n) is 1.13. The van der Waals surface area contributed by atoms with Crippen LogP contribution in [-0.2, 0) is 14.7 Å². The Morgan fingerprint density at radius 1 is 1.23 bits per heavy atom. The highest BCUT2D eigenvalue weighted by Gasteiger charge is 2.18. The summed E-state index contributed by atoms with van der Waals surface area (Å²) in [5.41, 5.74) is 0.539. The van der Waals surface area contributed by atoms with Gasteiger partial charge in [-0.15, -0.1) is 0 Å². The number of hydrogen-bond acceptors (Lipinski definition) is 3. The number of nitrogens with zero attached hydrogens (tertiary/aromatic N) is 1. The highest BCUT2D eigenvalue weighted by atomic mass is 32.2. The van der Waals surface area contributed by atoms with E-state index in [0.717, 1.165) is 0 Å². The molecule has 1 aromatic carbocycles. The van der Waals surface area contributed by atoms with Crippen molar-refractivity contribution in [2.45, 2.75) is 5.03 Å².